The Morgan fingerprint density at radius 2 is 1.93 bits per heavy atom. The number of halogens is 1. The summed E-state index contributed by atoms with van der Waals surface area (Å²) in [6, 6.07) is 4.91. The van der Waals surface area contributed by atoms with Crippen LogP contribution >= 0.6 is 11.6 Å². The maximum Gasteiger partial charge on any atom is 0.178 e. The van der Waals surface area contributed by atoms with Gasteiger partial charge in [-0.2, -0.15) is 0 Å². The molecule has 0 aliphatic rings. The molecular formula is C10H13ClO2S. The van der Waals surface area contributed by atoms with Gasteiger partial charge in [-0.15, -0.1) is 0 Å². The van der Waals surface area contributed by atoms with Crippen LogP contribution in [0.5, 0.6) is 0 Å². The van der Waals surface area contributed by atoms with Crippen molar-refractivity contribution in [2.45, 2.75) is 25.2 Å². The molecule has 0 spiro atoms. The topological polar surface area (TPSA) is 34.1 Å². The molecule has 14 heavy (non-hydrogen) atoms. The van der Waals surface area contributed by atoms with E-state index < -0.39 is 9.84 Å². The highest BCUT2D eigenvalue weighted by atomic mass is 35.5. The fourth-order valence-electron chi connectivity index (χ4n) is 1.17. The van der Waals surface area contributed by atoms with Crippen molar-refractivity contribution >= 4 is 21.4 Å². The van der Waals surface area contributed by atoms with Gasteiger partial charge in [-0.25, -0.2) is 8.42 Å². The highest BCUT2D eigenvalue weighted by molar-refractivity contribution is 7.91. The first-order chi connectivity index (χ1) is 6.51. The van der Waals surface area contributed by atoms with Gasteiger partial charge in [-0.3, -0.25) is 0 Å². The predicted molar refractivity (Wildman–Crippen MR) is 58.6 cm³/mol. The van der Waals surface area contributed by atoms with Crippen molar-refractivity contribution in [2.75, 3.05) is 5.75 Å². The SMILES string of the molecule is CCc1ccc(S(=O)(=O)CC)cc1Cl. The molecule has 1 aromatic rings. The lowest BCUT2D eigenvalue weighted by Gasteiger charge is -2.04. The molecule has 0 aliphatic heterocycles. The molecular weight excluding hydrogens is 220 g/mol. The van der Waals surface area contributed by atoms with Gasteiger partial charge in [0.15, 0.2) is 9.84 Å². The van der Waals surface area contributed by atoms with E-state index in [-0.39, 0.29) is 5.75 Å². The molecule has 78 valence electrons. The molecule has 0 saturated heterocycles. The molecule has 0 heterocycles. The summed E-state index contributed by atoms with van der Waals surface area (Å²) < 4.78 is 23.0. The van der Waals surface area contributed by atoms with Gasteiger partial charge in [0.2, 0.25) is 0 Å². The Hall–Kier alpha value is -0.540. The van der Waals surface area contributed by atoms with Crippen LogP contribution in [-0.2, 0) is 16.3 Å². The lowest BCUT2D eigenvalue weighted by atomic mass is 10.2. The molecule has 0 aliphatic carbocycles. The molecule has 1 rings (SSSR count). The summed E-state index contributed by atoms with van der Waals surface area (Å²) in [6.45, 7) is 3.60. The number of hydrogen-bond donors (Lipinski definition) is 0. The molecule has 0 atom stereocenters. The number of rotatable bonds is 3. The standard InChI is InChI=1S/C10H13ClO2S/c1-3-8-5-6-9(7-10(8)11)14(12,13)4-2/h5-7H,3-4H2,1-2H3. The Morgan fingerprint density at radius 1 is 1.29 bits per heavy atom. The van der Waals surface area contributed by atoms with Gasteiger partial charge in [0.25, 0.3) is 0 Å². The molecule has 1 aromatic carbocycles. The Bertz CT molecular complexity index is 424. The highest BCUT2D eigenvalue weighted by Crippen LogP contribution is 2.21. The molecule has 0 radical (unpaired) electrons. The van der Waals surface area contributed by atoms with Crippen molar-refractivity contribution in [3.63, 3.8) is 0 Å². The van der Waals surface area contributed by atoms with E-state index in [1.807, 2.05) is 6.92 Å². The maximum atomic E-state index is 11.5. The second-order valence-corrected chi connectivity index (χ2v) is 5.70. The summed E-state index contributed by atoms with van der Waals surface area (Å²) in [4.78, 5) is 0.308. The third-order valence-corrected chi connectivity index (χ3v) is 4.23. The van der Waals surface area contributed by atoms with Crippen LogP contribution in [-0.4, -0.2) is 14.2 Å². The highest BCUT2D eigenvalue weighted by Gasteiger charge is 2.12. The zero-order chi connectivity index (χ0) is 10.8. The minimum atomic E-state index is -3.13. The molecule has 0 bridgehead atoms. The second kappa shape index (κ2) is 4.32. The lowest BCUT2D eigenvalue weighted by Crippen LogP contribution is -2.03. The van der Waals surface area contributed by atoms with Crippen LogP contribution < -0.4 is 0 Å². The summed E-state index contributed by atoms with van der Waals surface area (Å²) >= 11 is 5.93. The number of aryl methyl sites for hydroxylation is 1. The first-order valence-electron chi connectivity index (χ1n) is 4.52. The largest absolute Gasteiger partial charge is 0.224 e. The van der Waals surface area contributed by atoms with Crippen molar-refractivity contribution in [3.8, 4) is 0 Å². The van der Waals surface area contributed by atoms with Crippen LogP contribution in [0.3, 0.4) is 0 Å². The molecule has 0 aromatic heterocycles. The van der Waals surface area contributed by atoms with E-state index in [1.54, 1.807) is 19.1 Å². The molecule has 0 amide bonds. The first kappa shape index (κ1) is 11.5. The smallest absolute Gasteiger partial charge is 0.178 e. The van der Waals surface area contributed by atoms with Crippen LogP contribution in [0, 0.1) is 0 Å². The Labute approximate surface area is 89.8 Å². The van der Waals surface area contributed by atoms with Gasteiger partial charge in [0, 0.05) is 5.02 Å². The molecule has 0 N–H and O–H groups in total. The fourth-order valence-corrected chi connectivity index (χ4v) is 2.46. The number of benzene rings is 1. The van der Waals surface area contributed by atoms with Crippen LogP contribution in [0.2, 0.25) is 5.02 Å². The van der Waals surface area contributed by atoms with Gasteiger partial charge in [0.05, 0.1) is 10.6 Å². The van der Waals surface area contributed by atoms with Crippen LogP contribution in [0.15, 0.2) is 23.1 Å². The van der Waals surface area contributed by atoms with Gasteiger partial charge in [-0.1, -0.05) is 31.5 Å². The fraction of sp³-hybridized carbons (Fsp3) is 0.400. The van der Waals surface area contributed by atoms with E-state index in [1.165, 1.54) is 6.07 Å². The van der Waals surface area contributed by atoms with Gasteiger partial charge < -0.3 is 0 Å². The summed E-state index contributed by atoms with van der Waals surface area (Å²) in [5.74, 6) is 0.106. The van der Waals surface area contributed by atoms with Crippen LogP contribution in [0.4, 0.5) is 0 Å². The van der Waals surface area contributed by atoms with Crippen molar-refractivity contribution < 1.29 is 8.42 Å². The Kier molecular flexibility index (Phi) is 3.56. The van der Waals surface area contributed by atoms with Crippen molar-refractivity contribution in [1.29, 1.82) is 0 Å². The Balaban J connectivity index is 3.22. The number of sulfone groups is 1. The molecule has 0 fully saturated rings. The maximum absolute atomic E-state index is 11.5. The Morgan fingerprint density at radius 3 is 2.36 bits per heavy atom. The molecule has 2 nitrogen and oxygen atoms in total. The second-order valence-electron chi connectivity index (χ2n) is 3.01. The predicted octanol–water partition coefficient (Wildman–Crippen LogP) is 2.70. The summed E-state index contributed by atoms with van der Waals surface area (Å²) in [5.41, 5.74) is 0.974. The zero-order valence-electron chi connectivity index (χ0n) is 8.25. The van der Waals surface area contributed by atoms with Gasteiger partial charge in [-0.05, 0) is 24.1 Å². The third kappa shape index (κ3) is 2.28. The average molecular weight is 233 g/mol. The minimum absolute atomic E-state index is 0.106. The van der Waals surface area contributed by atoms with E-state index in [9.17, 15) is 8.42 Å². The van der Waals surface area contributed by atoms with E-state index in [0.717, 1.165) is 12.0 Å². The average Bonchev–Trinajstić information content (AvgIpc) is 2.17. The minimum Gasteiger partial charge on any atom is -0.224 e. The molecule has 0 saturated carbocycles. The van der Waals surface area contributed by atoms with Gasteiger partial charge in [0.1, 0.15) is 0 Å². The van der Waals surface area contributed by atoms with Crippen molar-refractivity contribution in [2.24, 2.45) is 0 Å². The number of hydrogen-bond acceptors (Lipinski definition) is 2. The van der Waals surface area contributed by atoms with Crippen molar-refractivity contribution in [3.05, 3.63) is 28.8 Å². The zero-order valence-corrected chi connectivity index (χ0v) is 9.82. The quantitative estimate of drug-likeness (QED) is 0.803. The third-order valence-electron chi connectivity index (χ3n) is 2.14. The summed E-state index contributed by atoms with van der Waals surface area (Å²) in [7, 11) is -3.13. The van der Waals surface area contributed by atoms with Crippen LogP contribution in [0.25, 0.3) is 0 Å². The van der Waals surface area contributed by atoms with Crippen LogP contribution in [0.1, 0.15) is 19.4 Å². The van der Waals surface area contributed by atoms with E-state index in [2.05, 4.69) is 0 Å². The van der Waals surface area contributed by atoms with E-state index in [4.69, 9.17) is 11.6 Å². The molecule has 4 heteroatoms. The summed E-state index contributed by atoms with van der Waals surface area (Å²) in [6.07, 6.45) is 0.811. The van der Waals surface area contributed by atoms with Crippen molar-refractivity contribution in [1.82, 2.24) is 0 Å². The monoisotopic (exact) mass is 232 g/mol. The van der Waals surface area contributed by atoms with Gasteiger partial charge >= 0.3 is 0 Å². The molecule has 0 unspecified atom stereocenters. The lowest BCUT2D eigenvalue weighted by molar-refractivity contribution is 0.597. The normalized spacial score (nSPS) is 11.6. The van der Waals surface area contributed by atoms with E-state index >= 15 is 0 Å². The first-order valence-corrected chi connectivity index (χ1v) is 6.55. The van der Waals surface area contributed by atoms with E-state index in [0.29, 0.717) is 9.92 Å². The summed E-state index contributed by atoms with van der Waals surface area (Å²) in [5, 5.41) is 0.530.